The predicted molar refractivity (Wildman–Crippen MR) is 109 cm³/mol. The van der Waals surface area contributed by atoms with E-state index in [1.54, 1.807) is 4.90 Å². The van der Waals surface area contributed by atoms with Crippen molar-refractivity contribution in [3.8, 4) is 0 Å². The molecule has 1 N–H and O–H groups in total. The monoisotopic (exact) mass is 397 g/mol. The molecule has 0 bridgehead atoms. The number of benzene rings is 1. The molecule has 8 heteroatoms. The molecule has 1 aromatic carbocycles. The van der Waals surface area contributed by atoms with Crippen molar-refractivity contribution in [1.29, 1.82) is 0 Å². The average molecular weight is 397 g/mol. The van der Waals surface area contributed by atoms with Gasteiger partial charge in [0.15, 0.2) is 0 Å². The third-order valence-corrected chi connectivity index (χ3v) is 5.37. The van der Waals surface area contributed by atoms with Crippen molar-refractivity contribution in [3.63, 3.8) is 0 Å². The lowest BCUT2D eigenvalue weighted by Crippen LogP contribution is -2.41. The van der Waals surface area contributed by atoms with Crippen molar-refractivity contribution in [1.82, 2.24) is 20.0 Å². The Kier molecular flexibility index (Phi) is 5.92. The molecule has 0 aliphatic carbocycles. The van der Waals surface area contributed by atoms with Gasteiger partial charge in [0, 0.05) is 44.2 Å². The highest BCUT2D eigenvalue weighted by atomic mass is 16.5. The van der Waals surface area contributed by atoms with E-state index in [1.807, 2.05) is 41.9 Å². The number of ether oxygens (including phenoxy) is 1. The smallest absolute Gasteiger partial charge is 0.251 e. The largest absolute Gasteiger partial charge is 0.379 e. The standard InChI is InChI=1S/C21H27N5O3/c1-16-14-19-25(20(27)6-8-26(19)23-16)15-17-2-4-18(5-3-17)21(28)22-7-9-24-10-12-29-13-11-24/h2-5,14H,6-13,15H2,1H3,(H,22,28). The van der Waals surface area contributed by atoms with Crippen LogP contribution in [-0.4, -0.2) is 65.9 Å². The van der Waals surface area contributed by atoms with E-state index in [9.17, 15) is 9.59 Å². The highest BCUT2D eigenvalue weighted by molar-refractivity contribution is 5.95. The second-order valence-corrected chi connectivity index (χ2v) is 7.50. The van der Waals surface area contributed by atoms with Gasteiger partial charge in [-0.1, -0.05) is 12.1 Å². The molecule has 0 unspecified atom stereocenters. The van der Waals surface area contributed by atoms with Crippen LogP contribution in [0.15, 0.2) is 30.3 Å². The molecule has 2 aromatic rings. The Morgan fingerprint density at radius 1 is 1.17 bits per heavy atom. The maximum Gasteiger partial charge on any atom is 0.251 e. The topological polar surface area (TPSA) is 79.7 Å². The van der Waals surface area contributed by atoms with Crippen LogP contribution in [0.1, 0.15) is 28.0 Å². The molecular weight excluding hydrogens is 370 g/mol. The zero-order valence-electron chi connectivity index (χ0n) is 16.8. The number of morpholine rings is 1. The molecule has 0 atom stereocenters. The summed E-state index contributed by atoms with van der Waals surface area (Å²) in [5.74, 6) is 0.860. The van der Waals surface area contributed by atoms with Gasteiger partial charge in [-0.05, 0) is 24.6 Å². The Balaban J connectivity index is 1.33. The van der Waals surface area contributed by atoms with Crippen molar-refractivity contribution >= 4 is 17.6 Å². The van der Waals surface area contributed by atoms with E-state index >= 15 is 0 Å². The van der Waals surface area contributed by atoms with Crippen molar-refractivity contribution < 1.29 is 14.3 Å². The van der Waals surface area contributed by atoms with Crippen molar-refractivity contribution in [3.05, 3.63) is 47.2 Å². The number of aromatic nitrogens is 2. The fourth-order valence-electron chi connectivity index (χ4n) is 3.75. The molecule has 0 spiro atoms. The molecule has 2 amide bonds. The molecule has 154 valence electrons. The summed E-state index contributed by atoms with van der Waals surface area (Å²) in [5, 5.41) is 7.41. The Morgan fingerprint density at radius 2 is 1.93 bits per heavy atom. The van der Waals surface area contributed by atoms with Gasteiger partial charge in [-0.15, -0.1) is 0 Å². The number of nitrogens with one attached hydrogen (secondary N) is 1. The maximum atomic E-state index is 12.4. The number of carbonyl (C=O) groups is 2. The Hall–Kier alpha value is -2.71. The summed E-state index contributed by atoms with van der Waals surface area (Å²) in [4.78, 5) is 28.8. The summed E-state index contributed by atoms with van der Waals surface area (Å²) >= 11 is 0. The van der Waals surface area contributed by atoms with Crippen LogP contribution in [0.5, 0.6) is 0 Å². The first-order valence-electron chi connectivity index (χ1n) is 10.1. The van der Waals surface area contributed by atoms with Crippen molar-refractivity contribution in [2.75, 3.05) is 44.3 Å². The quantitative estimate of drug-likeness (QED) is 0.792. The van der Waals surface area contributed by atoms with Gasteiger partial charge in [0.05, 0.1) is 32.0 Å². The molecule has 8 nitrogen and oxygen atoms in total. The maximum absolute atomic E-state index is 12.4. The van der Waals surface area contributed by atoms with Gasteiger partial charge in [-0.2, -0.15) is 5.10 Å². The SMILES string of the molecule is Cc1cc2n(n1)CCC(=O)N2Cc1ccc(C(=O)NCCN2CCOCC2)cc1. The van der Waals surface area contributed by atoms with Gasteiger partial charge in [0.1, 0.15) is 5.82 Å². The van der Waals surface area contributed by atoms with E-state index in [0.29, 0.717) is 31.6 Å². The number of nitrogens with zero attached hydrogens (tertiary/aromatic N) is 4. The van der Waals surface area contributed by atoms with Gasteiger partial charge in [-0.25, -0.2) is 4.68 Å². The summed E-state index contributed by atoms with van der Waals surface area (Å²) in [5.41, 5.74) is 2.51. The Morgan fingerprint density at radius 3 is 2.69 bits per heavy atom. The van der Waals surface area contributed by atoms with E-state index in [1.165, 1.54) is 0 Å². The zero-order chi connectivity index (χ0) is 20.2. The molecule has 1 saturated heterocycles. The second kappa shape index (κ2) is 8.75. The normalized spacial score (nSPS) is 17.3. The van der Waals surface area contributed by atoms with Crippen LogP contribution in [0.4, 0.5) is 5.82 Å². The highest BCUT2D eigenvalue weighted by Crippen LogP contribution is 2.24. The first kappa shape index (κ1) is 19.6. The molecule has 2 aliphatic heterocycles. The molecule has 0 radical (unpaired) electrons. The number of carbonyl (C=O) groups excluding carboxylic acids is 2. The van der Waals surface area contributed by atoms with Crippen molar-refractivity contribution in [2.24, 2.45) is 0 Å². The molecule has 1 fully saturated rings. The van der Waals surface area contributed by atoms with Gasteiger partial charge in [-0.3, -0.25) is 19.4 Å². The minimum absolute atomic E-state index is 0.0763. The van der Waals surface area contributed by atoms with Crippen LogP contribution in [0, 0.1) is 6.92 Å². The molecule has 3 heterocycles. The minimum Gasteiger partial charge on any atom is -0.379 e. The fourth-order valence-corrected chi connectivity index (χ4v) is 3.75. The second-order valence-electron chi connectivity index (χ2n) is 7.50. The lowest BCUT2D eigenvalue weighted by Gasteiger charge is -2.27. The molecule has 4 rings (SSSR count). The molecule has 29 heavy (non-hydrogen) atoms. The lowest BCUT2D eigenvalue weighted by molar-refractivity contribution is -0.119. The summed E-state index contributed by atoms with van der Waals surface area (Å²) < 4.78 is 7.21. The highest BCUT2D eigenvalue weighted by Gasteiger charge is 2.25. The summed E-state index contributed by atoms with van der Waals surface area (Å²) in [6.45, 7) is 7.83. The first-order chi connectivity index (χ1) is 14.1. The summed E-state index contributed by atoms with van der Waals surface area (Å²) in [6.07, 6.45) is 0.456. The van der Waals surface area contributed by atoms with E-state index < -0.39 is 0 Å². The Bertz CT molecular complexity index is 871. The van der Waals surface area contributed by atoms with Crippen LogP contribution < -0.4 is 10.2 Å². The fraction of sp³-hybridized carbons (Fsp3) is 0.476. The molecular formula is C21H27N5O3. The predicted octanol–water partition coefficient (Wildman–Crippen LogP) is 1.19. The Labute approximate surface area is 170 Å². The van der Waals surface area contributed by atoms with Gasteiger partial charge < -0.3 is 10.1 Å². The van der Waals surface area contributed by atoms with Crippen molar-refractivity contribution in [2.45, 2.75) is 26.4 Å². The molecule has 0 saturated carbocycles. The zero-order valence-corrected chi connectivity index (χ0v) is 16.8. The molecule has 1 aromatic heterocycles. The lowest BCUT2D eigenvalue weighted by atomic mass is 10.1. The van der Waals surface area contributed by atoms with Crippen LogP contribution in [0.3, 0.4) is 0 Å². The number of fused-ring (bicyclic) bond motifs is 1. The van der Waals surface area contributed by atoms with Crippen LogP contribution in [0.25, 0.3) is 0 Å². The summed E-state index contributed by atoms with van der Waals surface area (Å²) in [6, 6.07) is 9.39. The van der Waals surface area contributed by atoms with Gasteiger partial charge in [0.2, 0.25) is 5.91 Å². The minimum atomic E-state index is -0.0763. The number of hydrogen-bond acceptors (Lipinski definition) is 5. The number of hydrogen-bond donors (Lipinski definition) is 1. The van der Waals surface area contributed by atoms with E-state index in [0.717, 1.165) is 49.9 Å². The van der Waals surface area contributed by atoms with Crippen LogP contribution >= 0.6 is 0 Å². The van der Waals surface area contributed by atoms with Gasteiger partial charge in [0.25, 0.3) is 5.91 Å². The van der Waals surface area contributed by atoms with Gasteiger partial charge >= 0.3 is 0 Å². The van der Waals surface area contributed by atoms with Crippen LogP contribution in [0.2, 0.25) is 0 Å². The first-order valence-corrected chi connectivity index (χ1v) is 10.1. The van der Waals surface area contributed by atoms with E-state index in [2.05, 4.69) is 15.3 Å². The van der Waals surface area contributed by atoms with E-state index in [4.69, 9.17) is 4.74 Å². The number of rotatable bonds is 6. The summed E-state index contributed by atoms with van der Waals surface area (Å²) in [7, 11) is 0. The van der Waals surface area contributed by atoms with Crippen LogP contribution in [-0.2, 0) is 22.6 Å². The number of amides is 2. The van der Waals surface area contributed by atoms with E-state index in [-0.39, 0.29) is 11.8 Å². The average Bonchev–Trinajstić information content (AvgIpc) is 3.12. The number of aryl methyl sites for hydroxylation is 2. The molecule has 2 aliphatic rings. The third kappa shape index (κ3) is 4.65. The third-order valence-electron chi connectivity index (χ3n) is 5.37. The number of anilines is 1.